The minimum Gasteiger partial charge on any atom is -0.327 e. The van der Waals surface area contributed by atoms with Gasteiger partial charge in [0.25, 0.3) is 0 Å². The molecule has 0 spiro atoms. The minimum atomic E-state index is -4.30. The highest BCUT2D eigenvalue weighted by molar-refractivity contribution is 8.00. The van der Waals surface area contributed by atoms with Crippen LogP contribution in [0.5, 0.6) is 0 Å². The van der Waals surface area contributed by atoms with Gasteiger partial charge in [0.1, 0.15) is 0 Å². The van der Waals surface area contributed by atoms with E-state index in [1.807, 2.05) is 6.92 Å². The van der Waals surface area contributed by atoms with Crippen molar-refractivity contribution in [2.75, 3.05) is 0 Å². The number of hydrogen-bond donors (Lipinski definition) is 1. The first kappa shape index (κ1) is 16.7. The smallest absolute Gasteiger partial charge is 0.327 e. The molecule has 0 saturated heterocycles. The van der Waals surface area contributed by atoms with Gasteiger partial charge in [-0.2, -0.15) is 13.2 Å². The van der Waals surface area contributed by atoms with Crippen molar-refractivity contribution >= 4 is 11.8 Å². The Balaban J connectivity index is 2.22. The van der Waals surface area contributed by atoms with Crippen LogP contribution in [0.3, 0.4) is 0 Å². The molecule has 0 amide bonds. The van der Waals surface area contributed by atoms with Crippen molar-refractivity contribution in [1.82, 2.24) is 0 Å². The number of nitrogens with two attached hydrogens (primary N) is 1. The van der Waals surface area contributed by atoms with Crippen LogP contribution in [-0.2, 0) is 12.6 Å². The molecule has 1 aliphatic carbocycles. The summed E-state index contributed by atoms with van der Waals surface area (Å²) in [5.41, 5.74) is 6.02. The molecule has 0 radical (unpaired) electrons. The van der Waals surface area contributed by atoms with E-state index in [9.17, 15) is 13.2 Å². The van der Waals surface area contributed by atoms with Gasteiger partial charge in [0, 0.05) is 16.2 Å². The average Bonchev–Trinajstić information content (AvgIpc) is 2.92. The summed E-state index contributed by atoms with van der Waals surface area (Å²) in [7, 11) is 0. The van der Waals surface area contributed by atoms with Gasteiger partial charge in [-0.1, -0.05) is 25.8 Å². The van der Waals surface area contributed by atoms with Gasteiger partial charge >= 0.3 is 6.18 Å². The SMILES string of the molecule is CCC(N)Cc1ccc(SC2CCCC2)c(C(F)(F)F)c1. The maximum Gasteiger partial charge on any atom is 0.417 e. The number of hydrogen-bond acceptors (Lipinski definition) is 2. The molecule has 2 rings (SSSR count). The third kappa shape index (κ3) is 4.65. The van der Waals surface area contributed by atoms with Gasteiger partial charge in [-0.25, -0.2) is 0 Å². The number of thioether (sulfide) groups is 1. The van der Waals surface area contributed by atoms with Gasteiger partial charge in [-0.05, 0) is 43.4 Å². The Morgan fingerprint density at radius 2 is 1.95 bits per heavy atom. The minimum absolute atomic E-state index is 0.0839. The summed E-state index contributed by atoms with van der Waals surface area (Å²) in [5, 5.41) is 0.329. The third-order valence-corrected chi connectivity index (χ3v) is 5.38. The lowest BCUT2D eigenvalue weighted by atomic mass is 10.0. The summed E-state index contributed by atoms with van der Waals surface area (Å²) in [6, 6.07) is 4.62. The van der Waals surface area contributed by atoms with Crippen LogP contribution in [0, 0.1) is 0 Å². The Bertz CT molecular complexity index is 467. The molecule has 1 aromatic rings. The Morgan fingerprint density at radius 1 is 1.29 bits per heavy atom. The van der Waals surface area contributed by atoms with E-state index in [4.69, 9.17) is 5.73 Å². The fourth-order valence-electron chi connectivity index (χ4n) is 2.66. The molecule has 118 valence electrons. The van der Waals surface area contributed by atoms with Gasteiger partial charge in [0.05, 0.1) is 5.56 Å². The second-order valence-electron chi connectivity index (χ2n) is 5.73. The predicted molar refractivity (Wildman–Crippen MR) is 81.5 cm³/mol. The van der Waals surface area contributed by atoms with Crippen molar-refractivity contribution in [3.8, 4) is 0 Å². The van der Waals surface area contributed by atoms with Crippen molar-refractivity contribution in [2.45, 2.75) is 67.8 Å². The lowest BCUT2D eigenvalue weighted by molar-refractivity contribution is -0.139. The zero-order valence-electron chi connectivity index (χ0n) is 12.2. The highest BCUT2D eigenvalue weighted by Crippen LogP contribution is 2.42. The normalized spacial score (nSPS) is 18.1. The summed E-state index contributed by atoms with van der Waals surface area (Å²) in [5.74, 6) is 0. The lowest BCUT2D eigenvalue weighted by Gasteiger charge is -2.17. The molecule has 1 saturated carbocycles. The number of alkyl halides is 3. The Morgan fingerprint density at radius 3 is 2.52 bits per heavy atom. The summed E-state index contributed by atoms with van der Waals surface area (Å²) in [4.78, 5) is 0.364. The summed E-state index contributed by atoms with van der Waals surface area (Å²) in [6.07, 6.45) is 1.25. The topological polar surface area (TPSA) is 26.0 Å². The molecule has 0 aromatic heterocycles. The Kier molecular flexibility index (Phi) is 5.60. The van der Waals surface area contributed by atoms with Crippen LogP contribution < -0.4 is 5.73 Å². The zero-order valence-corrected chi connectivity index (χ0v) is 13.1. The fourth-order valence-corrected chi connectivity index (χ4v) is 4.04. The highest BCUT2D eigenvalue weighted by atomic mass is 32.2. The molecule has 21 heavy (non-hydrogen) atoms. The summed E-state index contributed by atoms with van der Waals surface area (Å²) in [6.45, 7) is 1.94. The van der Waals surface area contributed by atoms with Gasteiger partial charge in [-0.15, -0.1) is 11.8 Å². The molecule has 1 atom stereocenters. The quantitative estimate of drug-likeness (QED) is 0.825. The standard InChI is InChI=1S/C16H22F3NS/c1-2-12(20)9-11-7-8-15(14(10-11)16(17,18)19)21-13-5-3-4-6-13/h7-8,10,12-13H,2-6,9,20H2,1H3. The van der Waals surface area contributed by atoms with E-state index in [-0.39, 0.29) is 6.04 Å². The maximum atomic E-state index is 13.3. The molecule has 1 unspecified atom stereocenters. The van der Waals surface area contributed by atoms with E-state index in [0.29, 0.717) is 22.1 Å². The van der Waals surface area contributed by atoms with E-state index >= 15 is 0 Å². The molecular weight excluding hydrogens is 295 g/mol. The molecule has 1 aliphatic rings. The van der Waals surface area contributed by atoms with Gasteiger partial charge in [0.2, 0.25) is 0 Å². The highest BCUT2D eigenvalue weighted by Gasteiger charge is 2.34. The molecule has 2 N–H and O–H groups in total. The lowest BCUT2D eigenvalue weighted by Crippen LogP contribution is -2.21. The largest absolute Gasteiger partial charge is 0.417 e. The molecular formula is C16H22F3NS. The maximum absolute atomic E-state index is 13.3. The average molecular weight is 317 g/mol. The van der Waals surface area contributed by atoms with Crippen molar-refractivity contribution in [2.24, 2.45) is 5.73 Å². The number of rotatable bonds is 5. The summed E-state index contributed by atoms with van der Waals surface area (Å²) < 4.78 is 39.8. The molecule has 0 bridgehead atoms. The van der Waals surface area contributed by atoms with Crippen molar-refractivity contribution < 1.29 is 13.2 Å². The van der Waals surface area contributed by atoms with E-state index in [1.54, 1.807) is 12.1 Å². The van der Waals surface area contributed by atoms with Crippen molar-refractivity contribution in [3.63, 3.8) is 0 Å². The van der Waals surface area contributed by atoms with Crippen LogP contribution in [0.1, 0.15) is 50.2 Å². The van der Waals surface area contributed by atoms with E-state index in [2.05, 4.69) is 0 Å². The Labute approximate surface area is 128 Å². The molecule has 5 heteroatoms. The first-order chi connectivity index (χ1) is 9.90. The Hall–Kier alpha value is -0.680. The van der Waals surface area contributed by atoms with Crippen LogP contribution in [0.15, 0.2) is 23.1 Å². The first-order valence-corrected chi connectivity index (χ1v) is 8.40. The van der Waals surface area contributed by atoms with Crippen LogP contribution in [-0.4, -0.2) is 11.3 Å². The predicted octanol–water partition coefficient (Wildman–Crippen LogP) is 5.02. The van der Waals surface area contributed by atoms with Crippen LogP contribution in [0.4, 0.5) is 13.2 Å². The second-order valence-corrected chi connectivity index (χ2v) is 7.07. The van der Waals surface area contributed by atoms with Gasteiger partial charge in [0.15, 0.2) is 0 Å². The van der Waals surface area contributed by atoms with E-state index in [1.165, 1.54) is 17.8 Å². The third-order valence-electron chi connectivity index (χ3n) is 3.97. The molecule has 1 aromatic carbocycles. The van der Waals surface area contributed by atoms with E-state index in [0.717, 1.165) is 32.1 Å². The molecule has 1 nitrogen and oxygen atoms in total. The van der Waals surface area contributed by atoms with Gasteiger partial charge in [-0.3, -0.25) is 0 Å². The van der Waals surface area contributed by atoms with Crippen LogP contribution in [0.2, 0.25) is 0 Å². The molecule has 0 heterocycles. The van der Waals surface area contributed by atoms with E-state index < -0.39 is 11.7 Å². The second kappa shape index (κ2) is 7.05. The fraction of sp³-hybridized carbons (Fsp3) is 0.625. The van der Waals surface area contributed by atoms with Gasteiger partial charge < -0.3 is 5.73 Å². The number of benzene rings is 1. The zero-order chi connectivity index (χ0) is 15.5. The first-order valence-electron chi connectivity index (χ1n) is 7.52. The molecule has 1 fully saturated rings. The van der Waals surface area contributed by atoms with Crippen molar-refractivity contribution in [3.05, 3.63) is 29.3 Å². The van der Waals surface area contributed by atoms with Crippen LogP contribution >= 0.6 is 11.8 Å². The monoisotopic (exact) mass is 317 g/mol. The van der Waals surface area contributed by atoms with Crippen molar-refractivity contribution in [1.29, 1.82) is 0 Å². The number of halogens is 3. The summed E-state index contributed by atoms with van der Waals surface area (Å²) >= 11 is 1.39. The molecule has 0 aliphatic heterocycles. The van der Waals surface area contributed by atoms with Crippen LogP contribution in [0.25, 0.3) is 0 Å².